The molecule has 2 aromatic rings. The smallest absolute Gasteiger partial charge is 0.272 e. The lowest BCUT2D eigenvalue weighted by Gasteiger charge is -2.16. The van der Waals surface area contributed by atoms with Crippen LogP contribution in [0.3, 0.4) is 0 Å². The fraction of sp³-hybridized carbons (Fsp3) is 0.500. The van der Waals surface area contributed by atoms with Crippen LogP contribution < -0.4 is 10.6 Å². The molecule has 0 aromatic carbocycles. The Kier molecular flexibility index (Phi) is 4.03. The van der Waals surface area contributed by atoms with Crippen LogP contribution in [-0.2, 0) is 13.0 Å². The third-order valence-corrected chi connectivity index (χ3v) is 4.75. The molecule has 0 spiro atoms. The molecule has 1 atom stereocenters. The Labute approximate surface area is 127 Å². The van der Waals surface area contributed by atoms with Gasteiger partial charge >= 0.3 is 0 Å². The molecule has 1 amide bonds. The highest BCUT2D eigenvalue weighted by atomic mass is 32.1. The summed E-state index contributed by atoms with van der Waals surface area (Å²) in [6, 6.07) is -0.0555. The molecule has 0 aliphatic carbocycles. The Morgan fingerprint density at radius 2 is 2.43 bits per heavy atom. The second kappa shape index (κ2) is 5.95. The van der Waals surface area contributed by atoms with Gasteiger partial charge in [-0.3, -0.25) is 9.89 Å². The number of thiazole rings is 1. The van der Waals surface area contributed by atoms with Crippen molar-refractivity contribution in [2.75, 3.05) is 6.54 Å². The minimum absolute atomic E-state index is 0.0555. The van der Waals surface area contributed by atoms with Crippen molar-refractivity contribution in [2.24, 2.45) is 0 Å². The van der Waals surface area contributed by atoms with Crippen LogP contribution in [0.25, 0.3) is 0 Å². The highest BCUT2D eigenvalue weighted by molar-refractivity contribution is 7.09. The van der Waals surface area contributed by atoms with Crippen molar-refractivity contribution in [3.05, 3.63) is 33.0 Å². The molecule has 3 rings (SSSR count). The number of aryl methyl sites for hydroxylation is 1. The number of aromatic amines is 1. The van der Waals surface area contributed by atoms with Gasteiger partial charge < -0.3 is 10.6 Å². The summed E-state index contributed by atoms with van der Waals surface area (Å²) in [5.74, 6) is -0.129. The highest BCUT2D eigenvalue weighted by Crippen LogP contribution is 2.22. The van der Waals surface area contributed by atoms with E-state index in [9.17, 15) is 4.79 Å². The SMILES string of the molecule is CCC(NC(=O)c1n[nH]c2c1CNCC2)c1nc(C)cs1. The molecule has 2 aromatic heterocycles. The zero-order valence-corrected chi connectivity index (χ0v) is 13.0. The van der Waals surface area contributed by atoms with Crippen molar-refractivity contribution in [2.45, 2.75) is 39.3 Å². The van der Waals surface area contributed by atoms with E-state index in [4.69, 9.17) is 0 Å². The quantitative estimate of drug-likeness (QED) is 0.803. The number of fused-ring (bicyclic) bond motifs is 1. The van der Waals surface area contributed by atoms with Crippen LogP contribution in [0.5, 0.6) is 0 Å². The van der Waals surface area contributed by atoms with E-state index in [-0.39, 0.29) is 11.9 Å². The zero-order chi connectivity index (χ0) is 14.8. The van der Waals surface area contributed by atoms with Gasteiger partial charge in [-0.05, 0) is 13.3 Å². The Morgan fingerprint density at radius 1 is 1.57 bits per heavy atom. The molecule has 21 heavy (non-hydrogen) atoms. The maximum Gasteiger partial charge on any atom is 0.272 e. The van der Waals surface area contributed by atoms with Crippen LogP contribution in [0.15, 0.2) is 5.38 Å². The fourth-order valence-electron chi connectivity index (χ4n) is 2.51. The number of H-pyrrole nitrogens is 1. The van der Waals surface area contributed by atoms with Crippen LogP contribution in [0.2, 0.25) is 0 Å². The summed E-state index contributed by atoms with van der Waals surface area (Å²) < 4.78 is 0. The minimum Gasteiger partial charge on any atom is -0.341 e. The summed E-state index contributed by atoms with van der Waals surface area (Å²) in [5, 5.41) is 16.4. The van der Waals surface area contributed by atoms with Gasteiger partial charge in [0.25, 0.3) is 5.91 Å². The number of carbonyl (C=O) groups excluding carboxylic acids is 1. The Balaban J connectivity index is 1.77. The van der Waals surface area contributed by atoms with E-state index >= 15 is 0 Å². The lowest BCUT2D eigenvalue weighted by molar-refractivity contribution is 0.0929. The van der Waals surface area contributed by atoms with Crippen molar-refractivity contribution in [3.8, 4) is 0 Å². The lowest BCUT2D eigenvalue weighted by Crippen LogP contribution is -2.31. The number of hydrogen-bond donors (Lipinski definition) is 3. The minimum atomic E-state index is -0.129. The average Bonchev–Trinajstić information content (AvgIpc) is 3.10. The number of nitrogens with zero attached hydrogens (tertiary/aromatic N) is 2. The van der Waals surface area contributed by atoms with Crippen molar-refractivity contribution in [1.82, 2.24) is 25.8 Å². The van der Waals surface area contributed by atoms with E-state index in [2.05, 4.69) is 25.8 Å². The molecule has 1 unspecified atom stereocenters. The monoisotopic (exact) mass is 305 g/mol. The number of carbonyl (C=O) groups is 1. The van der Waals surface area contributed by atoms with Gasteiger partial charge in [0, 0.05) is 41.8 Å². The van der Waals surface area contributed by atoms with Gasteiger partial charge in [0.15, 0.2) is 5.69 Å². The summed E-state index contributed by atoms with van der Waals surface area (Å²) in [6.45, 7) is 5.63. The number of aromatic nitrogens is 3. The number of nitrogens with one attached hydrogen (secondary N) is 3. The molecule has 7 heteroatoms. The van der Waals surface area contributed by atoms with E-state index in [1.807, 2.05) is 19.2 Å². The highest BCUT2D eigenvalue weighted by Gasteiger charge is 2.24. The molecule has 112 valence electrons. The van der Waals surface area contributed by atoms with Crippen LogP contribution in [0.1, 0.15) is 51.8 Å². The first-order valence-corrected chi connectivity index (χ1v) is 8.06. The predicted molar refractivity (Wildman–Crippen MR) is 81.3 cm³/mol. The first-order valence-electron chi connectivity index (χ1n) is 7.18. The molecule has 3 N–H and O–H groups in total. The first kappa shape index (κ1) is 14.2. The van der Waals surface area contributed by atoms with Gasteiger partial charge in [0.1, 0.15) is 5.01 Å². The third kappa shape index (κ3) is 2.84. The van der Waals surface area contributed by atoms with Gasteiger partial charge in [-0.2, -0.15) is 5.10 Å². The maximum absolute atomic E-state index is 12.5. The zero-order valence-electron chi connectivity index (χ0n) is 12.2. The third-order valence-electron chi connectivity index (χ3n) is 3.67. The molecule has 0 bridgehead atoms. The molecule has 0 saturated heterocycles. The second-order valence-corrected chi connectivity index (χ2v) is 6.11. The molecular formula is C14H19N5OS. The van der Waals surface area contributed by atoms with Crippen LogP contribution in [0, 0.1) is 6.92 Å². The van der Waals surface area contributed by atoms with Crippen LogP contribution >= 0.6 is 11.3 Å². The predicted octanol–water partition coefficient (Wildman–Crippen LogP) is 1.70. The average molecular weight is 305 g/mol. The van der Waals surface area contributed by atoms with Gasteiger partial charge in [0.2, 0.25) is 0 Å². The summed E-state index contributed by atoms with van der Waals surface area (Å²) >= 11 is 1.58. The van der Waals surface area contributed by atoms with E-state index in [1.54, 1.807) is 11.3 Å². The molecule has 1 aliphatic rings. The number of rotatable bonds is 4. The van der Waals surface area contributed by atoms with Crippen molar-refractivity contribution in [1.29, 1.82) is 0 Å². The van der Waals surface area contributed by atoms with Crippen molar-refractivity contribution < 1.29 is 4.79 Å². The summed E-state index contributed by atoms with van der Waals surface area (Å²) in [4.78, 5) is 16.9. The van der Waals surface area contributed by atoms with E-state index < -0.39 is 0 Å². The van der Waals surface area contributed by atoms with Crippen molar-refractivity contribution >= 4 is 17.2 Å². The fourth-order valence-corrected chi connectivity index (χ4v) is 3.44. The lowest BCUT2D eigenvalue weighted by atomic mass is 10.1. The van der Waals surface area contributed by atoms with Crippen molar-refractivity contribution in [3.63, 3.8) is 0 Å². The molecule has 0 radical (unpaired) electrons. The summed E-state index contributed by atoms with van der Waals surface area (Å²) in [6.07, 6.45) is 1.70. The van der Waals surface area contributed by atoms with Crippen LogP contribution in [-0.4, -0.2) is 27.6 Å². The number of amides is 1. The molecule has 1 aliphatic heterocycles. The molecular weight excluding hydrogens is 286 g/mol. The largest absolute Gasteiger partial charge is 0.341 e. The molecule has 3 heterocycles. The first-order chi connectivity index (χ1) is 10.2. The number of hydrogen-bond acceptors (Lipinski definition) is 5. The van der Waals surface area contributed by atoms with Gasteiger partial charge in [-0.1, -0.05) is 6.92 Å². The Morgan fingerprint density at radius 3 is 3.14 bits per heavy atom. The Hall–Kier alpha value is -1.73. The second-order valence-electron chi connectivity index (χ2n) is 5.22. The Bertz CT molecular complexity index is 648. The van der Waals surface area contributed by atoms with Gasteiger partial charge in [0.05, 0.1) is 6.04 Å². The van der Waals surface area contributed by atoms with E-state index in [0.717, 1.165) is 41.3 Å². The van der Waals surface area contributed by atoms with E-state index in [1.165, 1.54) is 0 Å². The van der Waals surface area contributed by atoms with E-state index in [0.29, 0.717) is 12.2 Å². The van der Waals surface area contributed by atoms with Gasteiger partial charge in [-0.25, -0.2) is 4.98 Å². The molecule has 0 saturated carbocycles. The normalized spacial score (nSPS) is 15.5. The van der Waals surface area contributed by atoms with Gasteiger partial charge in [-0.15, -0.1) is 11.3 Å². The topological polar surface area (TPSA) is 82.7 Å². The standard InChI is InChI=1S/C14H19N5OS/c1-3-10(14-16-8(2)7-21-14)17-13(20)12-9-6-15-5-4-11(9)18-19-12/h7,10,15H,3-6H2,1-2H3,(H,17,20)(H,18,19). The summed E-state index contributed by atoms with van der Waals surface area (Å²) in [7, 11) is 0. The van der Waals surface area contributed by atoms with Crippen LogP contribution in [0.4, 0.5) is 0 Å². The molecule has 6 nitrogen and oxygen atoms in total. The molecule has 0 fully saturated rings. The summed E-state index contributed by atoms with van der Waals surface area (Å²) in [5.41, 5.74) is 3.55. The maximum atomic E-state index is 12.5.